The zero-order valence-electron chi connectivity index (χ0n) is 17.2. The van der Waals surface area contributed by atoms with E-state index in [0.29, 0.717) is 22.2 Å². The van der Waals surface area contributed by atoms with Crippen LogP contribution in [0.5, 0.6) is 0 Å². The Labute approximate surface area is 192 Å². The zero-order chi connectivity index (χ0) is 22.4. The molecule has 0 atom stereocenters. The molecule has 0 aliphatic rings. The van der Waals surface area contributed by atoms with Crippen LogP contribution in [0, 0.1) is 13.8 Å². The summed E-state index contributed by atoms with van der Waals surface area (Å²) in [4.78, 5) is 12.3. The maximum absolute atomic E-state index is 12.7. The first kappa shape index (κ1) is 23.2. The fourth-order valence-corrected chi connectivity index (χ4v) is 5.04. The third-order valence-corrected chi connectivity index (χ3v) is 7.20. The summed E-state index contributed by atoms with van der Waals surface area (Å²) < 4.78 is 28.1. The molecule has 0 aromatic heterocycles. The highest BCUT2D eigenvalue weighted by Crippen LogP contribution is 2.24. The summed E-state index contributed by atoms with van der Waals surface area (Å²) in [6, 6.07) is 19.2. The third kappa shape index (κ3) is 6.50. The first-order valence-corrected chi connectivity index (χ1v) is 12.6. The summed E-state index contributed by atoms with van der Waals surface area (Å²) in [5.74, 6) is 0.839. The van der Waals surface area contributed by atoms with Crippen LogP contribution in [0.25, 0.3) is 0 Å². The Kier molecular flexibility index (Phi) is 7.64. The van der Waals surface area contributed by atoms with Crippen LogP contribution < -0.4 is 10.0 Å². The Balaban J connectivity index is 1.56. The largest absolute Gasteiger partial charge is 0.325 e. The molecule has 0 saturated carbocycles. The van der Waals surface area contributed by atoms with Gasteiger partial charge in [0.15, 0.2) is 0 Å². The van der Waals surface area contributed by atoms with E-state index in [1.54, 1.807) is 12.1 Å². The van der Waals surface area contributed by atoms with Gasteiger partial charge in [0, 0.05) is 16.5 Å². The SMILES string of the molecule is Cc1cccc(C)c1NS(=O)(=O)c1ccc(NC(=O)CSCc2ccc(Cl)cc2)cc1. The van der Waals surface area contributed by atoms with Gasteiger partial charge in [-0.3, -0.25) is 9.52 Å². The van der Waals surface area contributed by atoms with Crippen LogP contribution in [0.4, 0.5) is 11.4 Å². The zero-order valence-corrected chi connectivity index (χ0v) is 19.6. The minimum atomic E-state index is -3.73. The average Bonchev–Trinajstić information content (AvgIpc) is 2.73. The van der Waals surface area contributed by atoms with Gasteiger partial charge in [-0.25, -0.2) is 8.42 Å². The highest BCUT2D eigenvalue weighted by atomic mass is 35.5. The number of halogens is 1. The van der Waals surface area contributed by atoms with Gasteiger partial charge >= 0.3 is 0 Å². The number of anilines is 2. The summed E-state index contributed by atoms with van der Waals surface area (Å²) in [5, 5.41) is 3.47. The average molecular weight is 475 g/mol. The van der Waals surface area contributed by atoms with Crippen molar-refractivity contribution in [1.29, 1.82) is 0 Å². The normalized spacial score (nSPS) is 11.2. The molecule has 0 spiro atoms. The van der Waals surface area contributed by atoms with Gasteiger partial charge < -0.3 is 5.32 Å². The number of para-hydroxylation sites is 1. The molecule has 3 aromatic rings. The molecule has 0 heterocycles. The van der Waals surface area contributed by atoms with Crippen LogP contribution in [0.15, 0.2) is 71.6 Å². The number of amides is 1. The van der Waals surface area contributed by atoms with Gasteiger partial charge in [0.2, 0.25) is 5.91 Å². The summed E-state index contributed by atoms with van der Waals surface area (Å²) in [7, 11) is -3.73. The van der Waals surface area contributed by atoms with Gasteiger partial charge in [-0.15, -0.1) is 11.8 Å². The van der Waals surface area contributed by atoms with Crippen molar-refractivity contribution in [2.45, 2.75) is 24.5 Å². The molecule has 5 nitrogen and oxygen atoms in total. The van der Waals surface area contributed by atoms with E-state index < -0.39 is 10.0 Å². The van der Waals surface area contributed by atoms with Crippen LogP contribution in [-0.4, -0.2) is 20.1 Å². The van der Waals surface area contributed by atoms with Crippen LogP contribution in [-0.2, 0) is 20.6 Å². The van der Waals surface area contributed by atoms with Crippen LogP contribution in [0.3, 0.4) is 0 Å². The maximum Gasteiger partial charge on any atom is 0.261 e. The van der Waals surface area contributed by atoms with Crippen molar-refractivity contribution in [1.82, 2.24) is 0 Å². The molecule has 3 rings (SSSR count). The number of benzene rings is 3. The molecule has 0 fully saturated rings. The van der Waals surface area contributed by atoms with E-state index in [0.717, 1.165) is 16.7 Å². The van der Waals surface area contributed by atoms with Crippen LogP contribution in [0.2, 0.25) is 5.02 Å². The molecule has 0 bridgehead atoms. The van der Waals surface area contributed by atoms with Gasteiger partial charge in [0.1, 0.15) is 0 Å². The van der Waals surface area contributed by atoms with Crippen molar-refractivity contribution < 1.29 is 13.2 Å². The Morgan fingerprint density at radius 3 is 2.16 bits per heavy atom. The Morgan fingerprint density at radius 2 is 1.55 bits per heavy atom. The molecule has 31 heavy (non-hydrogen) atoms. The second kappa shape index (κ2) is 10.2. The molecule has 2 N–H and O–H groups in total. The Bertz CT molecular complexity index is 1140. The van der Waals surface area contributed by atoms with E-state index in [1.165, 1.54) is 23.9 Å². The first-order valence-electron chi connectivity index (χ1n) is 9.56. The predicted molar refractivity (Wildman–Crippen MR) is 129 cm³/mol. The van der Waals surface area contributed by atoms with Crippen molar-refractivity contribution in [2.75, 3.05) is 15.8 Å². The van der Waals surface area contributed by atoms with E-state index >= 15 is 0 Å². The topological polar surface area (TPSA) is 75.3 Å². The number of rotatable bonds is 8. The molecule has 162 valence electrons. The lowest BCUT2D eigenvalue weighted by atomic mass is 10.1. The summed E-state index contributed by atoms with van der Waals surface area (Å²) in [5.41, 5.74) is 3.92. The standard InChI is InChI=1S/C23H23ClN2O3S2/c1-16-4-3-5-17(2)23(16)26-31(28,29)21-12-10-20(11-13-21)25-22(27)15-30-14-18-6-8-19(24)9-7-18/h3-13,26H,14-15H2,1-2H3,(H,25,27). The summed E-state index contributed by atoms with van der Waals surface area (Å²) in [6.07, 6.45) is 0. The molecular formula is C23H23ClN2O3S2. The predicted octanol–water partition coefficient (Wildman–Crippen LogP) is 5.63. The number of hydrogen-bond donors (Lipinski definition) is 2. The smallest absolute Gasteiger partial charge is 0.261 e. The second-order valence-corrected chi connectivity index (χ2v) is 10.2. The molecule has 8 heteroatoms. The third-order valence-electron chi connectivity index (χ3n) is 4.58. The lowest BCUT2D eigenvalue weighted by molar-refractivity contribution is -0.113. The van der Waals surface area contributed by atoms with E-state index in [-0.39, 0.29) is 16.6 Å². The number of aryl methyl sites for hydroxylation is 2. The number of carbonyl (C=O) groups excluding carboxylic acids is 1. The molecular weight excluding hydrogens is 452 g/mol. The van der Waals surface area contributed by atoms with Crippen molar-refractivity contribution >= 4 is 50.7 Å². The van der Waals surface area contributed by atoms with E-state index in [9.17, 15) is 13.2 Å². The minimum Gasteiger partial charge on any atom is -0.325 e. The fraction of sp³-hybridized carbons (Fsp3) is 0.174. The van der Waals surface area contributed by atoms with E-state index in [2.05, 4.69) is 10.0 Å². The minimum absolute atomic E-state index is 0.130. The van der Waals surface area contributed by atoms with Gasteiger partial charge in [-0.05, 0) is 66.9 Å². The molecule has 0 aliphatic heterocycles. The van der Waals surface area contributed by atoms with Gasteiger partial charge in [0.25, 0.3) is 10.0 Å². The number of carbonyl (C=O) groups is 1. The summed E-state index contributed by atoms with van der Waals surface area (Å²) >= 11 is 7.36. The number of nitrogens with one attached hydrogen (secondary N) is 2. The first-order chi connectivity index (χ1) is 14.7. The molecule has 1 amide bonds. The van der Waals surface area contributed by atoms with Gasteiger partial charge in [-0.1, -0.05) is 41.9 Å². The van der Waals surface area contributed by atoms with Crippen molar-refractivity contribution in [3.05, 3.63) is 88.4 Å². The second-order valence-electron chi connectivity index (χ2n) is 7.06. The number of sulfonamides is 1. The van der Waals surface area contributed by atoms with Crippen molar-refractivity contribution in [3.8, 4) is 0 Å². The van der Waals surface area contributed by atoms with Crippen LogP contribution >= 0.6 is 23.4 Å². The van der Waals surface area contributed by atoms with E-state index in [1.807, 2.05) is 56.3 Å². The summed E-state index contributed by atoms with van der Waals surface area (Å²) in [6.45, 7) is 3.71. The highest BCUT2D eigenvalue weighted by molar-refractivity contribution is 7.99. The van der Waals surface area contributed by atoms with Crippen molar-refractivity contribution in [3.63, 3.8) is 0 Å². The number of thioether (sulfide) groups is 1. The van der Waals surface area contributed by atoms with Gasteiger partial charge in [0.05, 0.1) is 16.3 Å². The van der Waals surface area contributed by atoms with Crippen molar-refractivity contribution in [2.24, 2.45) is 0 Å². The Morgan fingerprint density at radius 1 is 0.935 bits per heavy atom. The lowest BCUT2D eigenvalue weighted by Crippen LogP contribution is -2.16. The van der Waals surface area contributed by atoms with Crippen LogP contribution in [0.1, 0.15) is 16.7 Å². The van der Waals surface area contributed by atoms with Gasteiger partial charge in [-0.2, -0.15) is 0 Å². The maximum atomic E-state index is 12.7. The Hall–Kier alpha value is -2.48. The molecule has 3 aromatic carbocycles. The fourth-order valence-electron chi connectivity index (χ4n) is 2.93. The monoisotopic (exact) mass is 474 g/mol. The molecule has 0 radical (unpaired) electrons. The lowest BCUT2D eigenvalue weighted by Gasteiger charge is -2.13. The molecule has 0 aliphatic carbocycles. The molecule has 0 unspecified atom stereocenters. The molecule has 0 saturated heterocycles. The van der Waals surface area contributed by atoms with E-state index in [4.69, 9.17) is 11.6 Å². The highest BCUT2D eigenvalue weighted by Gasteiger charge is 2.16. The quantitative estimate of drug-likeness (QED) is 0.443. The number of hydrogen-bond acceptors (Lipinski definition) is 4.